The Morgan fingerprint density at radius 1 is 1.50 bits per heavy atom. The lowest BCUT2D eigenvalue weighted by Gasteiger charge is -2.00. The first-order valence-electron chi connectivity index (χ1n) is 3.28. The molecule has 0 spiro atoms. The van der Waals surface area contributed by atoms with E-state index in [1.165, 1.54) is 17.4 Å². The number of aromatic hydroxyl groups is 1. The highest BCUT2D eigenvalue weighted by Gasteiger charge is 2.07. The van der Waals surface area contributed by atoms with Crippen LogP contribution in [-0.4, -0.2) is 5.11 Å². The van der Waals surface area contributed by atoms with E-state index in [4.69, 9.17) is 11.6 Å². The Kier molecular flexibility index (Phi) is 1.94. The maximum absolute atomic E-state index is 9.46. The number of hydrogen-bond donors (Lipinski definition) is 2. The van der Waals surface area contributed by atoms with Gasteiger partial charge in [-0.2, -0.15) is 0 Å². The van der Waals surface area contributed by atoms with Gasteiger partial charge in [-0.1, -0.05) is 11.6 Å². The minimum absolute atomic E-state index is 0.225. The summed E-state index contributed by atoms with van der Waals surface area (Å²) in [6.45, 7) is 0. The fourth-order valence-corrected chi connectivity index (χ4v) is 2.43. The molecule has 0 bridgehead atoms. The van der Waals surface area contributed by atoms with Crippen LogP contribution in [0.2, 0.25) is 5.02 Å². The van der Waals surface area contributed by atoms with Gasteiger partial charge in [-0.15, -0.1) is 24.0 Å². The van der Waals surface area contributed by atoms with E-state index in [2.05, 4.69) is 12.6 Å². The lowest BCUT2D eigenvalue weighted by atomic mass is 10.2. The van der Waals surface area contributed by atoms with Gasteiger partial charge in [0.05, 0.1) is 9.72 Å². The zero-order valence-electron chi connectivity index (χ0n) is 5.91. The van der Waals surface area contributed by atoms with Crippen LogP contribution in [0, 0.1) is 0 Å². The Morgan fingerprint density at radius 2 is 2.25 bits per heavy atom. The summed E-state index contributed by atoms with van der Waals surface area (Å²) in [7, 11) is 0. The Morgan fingerprint density at radius 3 is 3.00 bits per heavy atom. The van der Waals surface area contributed by atoms with Crippen molar-refractivity contribution in [1.29, 1.82) is 0 Å². The number of rotatable bonds is 0. The third-order valence-corrected chi connectivity index (χ3v) is 3.49. The summed E-state index contributed by atoms with van der Waals surface area (Å²) in [6.07, 6.45) is 0. The molecule has 12 heavy (non-hydrogen) atoms. The first-order chi connectivity index (χ1) is 5.70. The van der Waals surface area contributed by atoms with Crippen molar-refractivity contribution in [2.24, 2.45) is 0 Å². The van der Waals surface area contributed by atoms with E-state index in [0.29, 0.717) is 5.02 Å². The topological polar surface area (TPSA) is 20.2 Å². The Labute approximate surface area is 84.0 Å². The number of phenols is 1. The van der Waals surface area contributed by atoms with Gasteiger partial charge in [0.1, 0.15) is 5.75 Å². The molecule has 0 saturated carbocycles. The molecule has 0 aliphatic rings. The summed E-state index contributed by atoms with van der Waals surface area (Å²) >= 11 is 11.5. The molecule has 2 aromatic rings. The molecule has 0 saturated heterocycles. The zero-order valence-corrected chi connectivity index (χ0v) is 8.38. The SMILES string of the molecule is Oc1cc(Cl)c(S)c2ccsc12. The number of thiophene rings is 1. The van der Waals surface area contributed by atoms with Gasteiger partial charge in [-0.3, -0.25) is 0 Å². The van der Waals surface area contributed by atoms with Crippen LogP contribution in [0.3, 0.4) is 0 Å². The predicted molar refractivity (Wildman–Crippen MR) is 55.8 cm³/mol. The smallest absolute Gasteiger partial charge is 0.134 e. The molecule has 1 aromatic carbocycles. The van der Waals surface area contributed by atoms with Gasteiger partial charge >= 0.3 is 0 Å². The second kappa shape index (κ2) is 2.83. The summed E-state index contributed by atoms with van der Waals surface area (Å²) in [5.74, 6) is 0.225. The predicted octanol–water partition coefficient (Wildman–Crippen LogP) is 3.55. The highest BCUT2D eigenvalue weighted by atomic mass is 35.5. The first kappa shape index (κ1) is 8.23. The standard InChI is InChI=1S/C8H5ClOS2/c9-5-3-6(10)8-4(7(5)11)1-2-12-8/h1-3,10-11H. The highest BCUT2D eigenvalue weighted by Crippen LogP contribution is 2.38. The molecule has 1 nitrogen and oxygen atoms in total. The Bertz CT molecular complexity index is 436. The normalized spacial score (nSPS) is 10.8. The Hall–Kier alpha value is -0.380. The minimum Gasteiger partial charge on any atom is -0.506 e. The van der Waals surface area contributed by atoms with Crippen LogP contribution in [0.1, 0.15) is 0 Å². The highest BCUT2D eigenvalue weighted by molar-refractivity contribution is 7.80. The first-order valence-corrected chi connectivity index (χ1v) is 4.98. The quantitative estimate of drug-likeness (QED) is 0.646. The van der Waals surface area contributed by atoms with Crippen LogP contribution in [0.25, 0.3) is 10.1 Å². The molecule has 2 rings (SSSR count). The third kappa shape index (κ3) is 1.09. The fraction of sp³-hybridized carbons (Fsp3) is 0. The van der Waals surface area contributed by atoms with Crippen molar-refractivity contribution in [3.63, 3.8) is 0 Å². The van der Waals surface area contributed by atoms with Crippen molar-refractivity contribution < 1.29 is 5.11 Å². The summed E-state index contributed by atoms with van der Waals surface area (Å²) in [6, 6.07) is 3.41. The lowest BCUT2D eigenvalue weighted by molar-refractivity contribution is 0.482. The summed E-state index contributed by atoms with van der Waals surface area (Å²) < 4.78 is 0.837. The van der Waals surface area contributed by atoms with Crippen LogP contribution in [-0.2, 0) is 0 Å². The average Bonchev–Trinajstić information content (AvgIpc) is 2.48. The van der Waals surface area contributed by atoms with Gasteiger partial charge in [-0.05, 0) is 11.4 Å². The van der Waals surface area contributed by atoms with Gasteiger partial charge in [-0.25, -0.2) is 0 Å². The summed E-state index contributed by atoms with van der Waals surface area (Å²) in [5.41, 5.74) is 0. The maximum Gasteiger partial charge on any atom is 0.134 e. The zero-order chi connectivity index (χ0) is 8.72. The molecule has 0 aliphatic heterocycles. The lowest BCUT2D eigenvalue weighted by Crippen LogP contribution is -1.72. The van der Waals surface area contributed by atoms with Crippen molar-refractivity contribution in [2.75, 3.05) is 0 Å². The van der Waals surface area contributed by atoms with Crippen LogP contribution in [0.15, 0.2) is 22.4 Å². The molecule has 0 radical (unpaired) electrons. The number of benzene rings is 1. The van der Waals surface area contributed by atoms with Crippen molar-refractivity contribution >= 4 is 45.7 Å². The van der Waals surface area contributed by atoms with E-state index in [0.717, 1.165) is 15.0 Å². The molecule has 0 amide bonds. The number of halogens is 1. The van der Waals surface area contributed by atoms with Crippen LogP contribution >= 0.6 is 35.6 Å². The molecular weight excluding hydrogens is 212 g/mol. The van der Waals surface area contributed by atoms with Crippen LogP contribution < -0.4 is 0 Å². The van der Waals surface area contributed by atoms with Crippen molar-refractivity contribution in [1.82, 2.24) is 0 Å². The van der Waals surface area contributed by atoms with Gasteiger partial charge in [0.2, 0.25) is 0 Å². The van der Waals surface area contributed by atoms with Crippen LogP contribution in [0.5, 0.6) is 5.75 Å². The van der Waals surface area contributed by atoms with Gasteiger partial charge < -0.3 is 5.11 Å². The molecule has 4 heteroatoms. The fourth-order valence-electron chi connectivity index (χ4n) is 1.08. The van der Waals surface area contributed by atoms with Crippen molar-refractivity contribution in [3.05, 3.63) is 22.5 Å². The monoisotopic (exact) mass is 216 g/mol. The second-order valence-corrected chi connectivity index (χ2v) is 4.16. The molecular formula is C8H5ClOS2. The average molecular weight is 217 g/mol. The molecule has 1 aromatic heterocycles. The van der Waals surface area contributed by atoms with E-state index in [1.807, 2.05) is 11.4 Å². The molecule has 0 aliphatic carbocycles. The van der Waals surface area contributed by atoms with Gasteiger partial charge in [0.15, 0.2) is 0 Å². The van der Waals surface area contributed by atoms with E-state index >= 15 is 0 Å². The molecule has 1 N–H and O–H groups in total. The second-order valence-electron chi connectivity index (χ2n) is 2.39. The molecule has 0 unspecified atom stereocenters. The third-order valence-electron chi connectivity index (χ3n) is 1.64. The van der Waals surface area contributed by atoms with E-state index in [1.54, 1.807) is 0 Å². The van der Waals surface area contributed by atoms with E-state index < -0.39 is 0 Å². The van der Waals surface area contributed by atoms with Gasteiger partial charge in [0.25, 0.3) is 0 Å². The number of thiol groups is 1. The van der Waals surface area contributed by atoms with Crippen molar-refractivity contribution in [3.8, 4) is 5.75 Å². The maximum atomic E-state index is 9.46. The number of phenolic OH excluding ortho intramolecular Hbond substituents is 1. The number of fused-ring (bicyclic) bond motifs is 1. The van der Waals surface area contributed by atoms with Crippen molar-refractivity contribution in [2.45, 2.75) is 4.90 Å². The molecule has 1 heterocycles. The molecule has 62 valence electrons. The molecule has 0 atom stereocenters. The molecule has 0 fully saturated rings. The largest absolute Gasteiger partial charge is 0.506 e. The van der Waals surface area contributed by atoms with Crippen LogP contribution in [0.4, 0.5) is 0 Å². The summed E-state index contributed by atoms with van der Waals surface area (Å²) in [4.78, 5) is 0.728. The number of hydrogen-bond acceptors (Lipinski definition) is 3. The van der Waals surface area contributed by atoms with E-state index in [9.17, 15) is 5.11 Å². The Balaban J connectivity index is 2.97. The minimum atomic E-state index is 0.225. The van der Waals surface area contributed by atoms with Gasteiger partial charge in [0, 0.05) is 16.3 Å². The summed E-state index contributed by atoms with van der Waals surface area (Å²) in [5, 5.41) is 12.8. The van der Waals surface area contributed by atoms with E-state index in [-0.39, 0.29) is 5.75 Å².